The third-order valence-corrected chi connectivity index (χ3v) is 21.9. The smallest absolute Gasteiger partial charge is 0.0347 e. The second-order valence-electron chi connectivity index (χ2n) is 33.0. The second kappa shape index (κ2) is 58.3. The van der Waals surface area contributed by atoms with Gasteiger partial charge in [0.2, 0.25) is 0 Å². The zero-order valence-corrected chi connectivity index (χ0v) is 90.1. The number of aryl methyl sites for hydroxylation is 11. The van der Waals surface area contributed by atoms with E-state index in [4.69, 9.17) is 37.0 Å². The van der Waals surface area contributed by atoms with Gasteiger partial charge in [0, 0.05) is 167 Å². The maximum absolute atomic E-state index is 8.08. The van der Waals surface area contributed by atoms with Crippen LogP contribution in [0, 0.1) is 124 Å². The van der Waals surface area contributed by atoms with Crippen LogP contribution in [0.25, 0.3) is 135 Å². The molecule has 12 heteroatoms. The zero-order valence-electron chi connectivity index (χ0n) is 108. The van der Waals surface area contributed by atoms with Crippen LogP contribution in [0.5, 0.6) is 0 Å². The van der Waals surface area contributed by atoms with Crippen LogP contribution in [0.1, 0.15) is 174 Å². The molecular formula is C132H120Ir4N8-8. The van der Waals surface area contributed by atoms with Gasteiger partial charge in [0.25, 0.3) is 0 Å². The fraction of sp³-hybridized carbons (Fsp3) is 0.152. The summed E-state index contributed by atoms with van der Waals surface area (Å²) in [7, 11) is 0. The number of hydrogen-bond acceptors (Lipinski definition) is 8. The van der Waals surface area contributed by atoms with Crippen molar-refractivity contribution in [3.63, 3.8) is 0 Å². The van der Waals surface area contributed by atoms with Gasteiger partial charge in [0.15, 0.2) is 0 Å². The predicted molar refractivity (Wildman–Crippen MR) is 584 cm³/mol. The molecule has 8 heterocycles. The Morgan fingerprint density at radius 3 is 0.653 bits per heavy atom. The van der Waals surface area contributed by atoms with Gasteiger partial charge in [-0.05, 0) is 219 Å². The van der Waals surface area contributed by atoms with E-state index in [1.54, 1.807) is 62.4 Å². The molecule has 0 aliphatic heterocycles. The summed E-state index contributed by atoms with van der Waals surface area (Å²) in [5.74, 6) is -1.71. The average Bonchev–Trinajstić information content (AvgIpc) is 0.796. The fourth-order valence-electron chi connectivity index (χ4n) is 13.8. The molecule has 0 amide bonds. The Morgan fingerprint density at radius 1 is 0.201 bits per heavy atom. The van der Waals surface area contributed by atoms with Crippen molar-refractivity contribution in [2.24, 2.45) is 0 Å². The molecule has 0 spiro atoms. The number of nitrogens with zero attached hydrogens (tertiary/aromatic N) is 8. The molecule has 0 aliphatic rings. The Morgan fingerprint density at radius 2 is 0.438 bits per heavy atom. The molecule has 0 aliphatic carbocycles. The topological polar surface area (TPSA) is 103 Å². The van der Waals surface area contributed by atoms with E-state index in [-0.39, 0.29) is 125 Å². The quantitative estimate of drug-likeness (QED) is 0.0935. The van der Waals surface area contributed by atoms with Crippen LogP contribution < -0.4 is 0 Å². The molecule has 20 aromatic rings. The maximum atomic E-state index is 8.08. The Hall–Kier alpha value is -13.6. The van der Waals surface area contributed by atoms with Crippen molar-refractivity contribution in [1.82, 2.24) is 39.9 Å². The normalized spacial score (nSPS) is 13.9. The molecule has 4 radical (unpaired) electrons. The van der Waals surface area contributed by atoms with E-state index in [0.29, 0.717) is 56.2 Å². The van der Waals surface area contributed by atoms with E-state index in [2.05, 4.69) is 180 Å². The zero-order chi connectivity index (χ0) is 121. The van der Waals surface area contributed by atoms with Crippen LogP contribution in [0.4, 0.5) is 0 Å². The monoisotopic (exact) mass is 2620 g/mol. The van der Waals surface area contributed by atoms with Crippen LogP contribution in [-0.4, -0.2) is 39.9 Å². The van der Waals surface area contributed by atoms with Crippen LogP contribution in [0.2, 0.25) is 0 Å². The molecule has 0 unspecified atom stereocenters. The van der Waals surface area contributed by atoms with Crippen molar-refractivity contribution in [1.29, 1.82) is 0 Å². The van der Waals surface area contributed by atoms with Crippen molar-refractivity contribution >= 4 is 0 Å². The SMILES string of the molecule is Cc1ccc(-c2ccnc(-c3[c-]cccc3)c2)cc1.[2H]C(C)(C)c1ccc(-c2ccnc(-c3[c-]cccc3)c2)cc1.[2H]C(C)(C)c1ccc(-c2ccnc(-c3[c-]cccc3)c2)cc1.[2H]C(C)(C)c1ccc(-c2ccnc(-c3[c-]cccc3)c2)cc1.[2H]C([2H])([2H])c1c[c-]c(-c2cc(C)c(C([2H])([2H])[2H])cn2)cc1.[2H]C([2H])([2H])c1c[c-]c(-c2cc(C)c(C([2H])([2H])[2H])cn2)cc1.[2H]C([2H])([2H])c1c[c-]c(-c2ccc(C([2H])([2H])[2H])cn2)cc1.[2H]C([2H])([2H])c1c[c-]c(-c2ccc(C([2H])([2H])[2H])cn2)cc1.[Ir].[Ir].[Ir].[Ir]. The van der Waals surface area contributed by atoms with E-state index in [9.17, 15) is 0 Å². The van der Waals surface area contributed by atoms with Gasteiger partial charge in [-0.2, -0.15) is 0 Å². The minimum Gasteiger partial charge on any atom is -0.305 e. The molecule has 12 aromatic carbocycles. The first kappa shape index (κ1) is 79.8. The minimum atomic E-state index is -2.19. The number of rotatable bonds is 15. The first-order valence-corrected chi connectivity index (χ1v) is 45.1. The summed E-state index contributed by atoms with van der Waals surface area (Å²) in [4.78, 5) is 34.1. The van der Waals surface area contributed by atoms with Crippen molar-refractivity contribution < 1.29 is 117 Å². The van der Waals surface area contributed by atoms with Crippen LogP contribution in [0.3, 0.4) is 0 Å². The Balaban J connectivity index is 0.000000214. The molecule has 732 valence electrons. The molecule has 0 bridgehead atoms. The van der Waals surface area contributed by atoms with Crippen LogP contribution >= 0.6 is 0 Å². The molecule has 144 heavy (non-hydrogen) atoms. The predicted octanol–water partition coefficient (Wildman–Crippen LogP) is 33.8. The first-order valence-electron chi connectivity index (χ1n) is 58.6. The first-order chi connectivity index (χ1) is 78.5. The number of benzene rings is 12. The Bertz CT molecular complexity index is 7720. The third-order valence-electron chi connectivity index (χ3n) is 21.9. The van der Waals surface area contributed by atoms with E-state index in [0.717, 1.165) is 95.1 Å². The van der Waals surface area contributed by atoms with Gasteiger partial charge in [-0.1, -0.05) is 243 Å². The van der Waals surface area contributed by atoms with E-state index in [1.165, 1.54) is 102 Å². The van der Waals surface area contributed by atoms with Gasteiger partial charge in [-0.3, -0.25) is 0 Å². The average molecular weight is 2610 g/mol. The molecular weight excluding hydrogens is 2470 g/mol. The molecule has 20 rings (SSSR count). The van der Waals surface area contributed by atoms with E-state index >= 15 is 0 Å². The third kappa shape index (κ3) is 34.9. The summed E-state index contributed by atoms with van der Waals surface area (Å²) in [6.07, 6.45) is 12.6. The molecule has 0 N–H and O–H groups in total. The molecule has 0 saturated heterocycles. The number of aromatic nitrogens is 8. The summed E-state index contributed by atoms with van der Waals surface area (Å²) in [5.41, 5.74) is 28.8. The summed E-state index contributed by atoms with van der Waals surface area (Å²) < 4.78 is 200. The van der Waals surface area contributed by atoms with Gasteiger partial charge in [0.05, 0.1) is 0 Å². The van der Waals surface area contributed by atoms with E-state index in [1.807, 2.05) is 224 Å². The van der Waals surface area contributed by atoms with Crippen LogP contribution in [-0.2, 0) is 80.4 Å². The van der Waals surface area contributed by atoms with Gasteiger partial charge >= 0.3 is 0 Å². The van der Waals surface area contributed by atoms with E-state index < -0.39 is 72.5 Å². The molecule has 8 nitrogen and oxygen atoms in total. The Kier molecular flexibility index (Phi) is 32.3. The summed E-state index contributed by atoms with van der Waals surface area (Å²) in [5, 5.41) is 0. The summed E-state index contributed by atoms with van der Waals surface area (Å²) in [6, 6.07) is 133. The van der Waals surface area contributed by atoms with Crippen LogP contribution in [0.15, 0.2) is 401 Å². The summed E-state index contributed by atoms with van der Waals surface area (Å²) >= 11 is 0. The Labute approximate surface area is 947 Å². The second-order valence-corrected chi connectivity index (χ2v) is 33.0. The van der Waals surface area contributed by atoms with Crippen molar-refractivity contribution in [2.75, 3.05) is 0 Å². The molecule has 0 fully saturated rings. The van der Waals surface area contributed by atoms with Gasteiger partial charge in [-0.15, -0.1) is 285 Å². The van der Waals surface area contributed by atoms with Gasteiger partial charge < -0.3 is 39.9 Å². The summed E-state index contributed by atoms with van der Waals surface area (Å²) in [6.45, 7) is -0.460. The largest absolute Gasteiger partial charge is 0.305 e. The van der Waals surface area contributed by atoms with Gasteiger partial charge in [0.1, 0.15) is 0 Å². The minimum absolute atomic E-state index is 0. The molecule has 8 aromatic heterocycles. The number of hydrogen-bond donors (Lipinski definition) is 0. The number of pyridine rings is 8. The fourth-order valence-corrected chi connectivity index (χ4v) is 13.8. The van der Waals surface area contributed by atoms with Crippen molar-refractivity contribution in [3.05, 3.63) is 528 Å². The molecule has 0 saturated carbocycles. The standard InChI is InChI=1S/3C20H18N.C18H14N.2C14H14N.2C13H12N.4Ir/c3*1-15(2)16-8-10-17(11-9-16)19-12-13-21-20(14-19)18-6-4-3-5-7-18;1-14-7-9-15(10-8-14)17-11-12-19-18(13-17)16-5-3-2-4-6-16;2*1-10-4-6-13(7-5-10)14-8-11(2)12(3)9-15-14;2*1-10-3-6-12(7-4-10)13-8-5-11(2)9-14-13;;;;/h3*3-6,8-15H,1-2H3;2-5,7-13H,1H3;2*4-6,8-9H,1-3H3;2*3-6,8-9H,1-2H3;;;;/q8*-1;;;;/i3*15D;;2*1D3,3D3;2*1D3,2D3;;;;. The maximum Gasteiger partial charge on any atom is 0.0347 e. The van der Waals surface area contributed by atoms with Crippen molar-refractivity contribution in [2.45, 2.75) is 135 Å². The molecule has 0 atom stereocenters. The van der Waals surface area contributed by atoms with Crippen molar-refractivity contribution in [3.8, 4) is 135 Å². The van der Waals surface area contributed by atoms with Gasteiger partial charge in [-0.25, -0.2) is 0 Å².